The number of aromatic nitrogens is 1. The molecule has 2 atom stereocenters. The standard InChI is InChI=1S/C25H30F4N4O/c1-16-7-8-17(34-12-11-31-10-4-9-26)13-19(16)24-23-20(18-5-2-3-6-21(18)32-23)14-22(30)33(24)15-25(27,28)29/h2-3,5-8,13,22,24,31-32H,4,9-12,14-15,30H2,1H3/t22-,24+/m0/s1. The number of ether oxygens (including phenoxy) is 1. The van der Waals surface area contributed by atoms with E-state index in [2.05, 4.69) is 10.3 Å². The van der Waals surface area contributed by atoms with Crippen LogP contribution in [-0.4, -0.2) is 55.1 Å². The Morgan fingerprint density at radius 1 is 1.18 bits per heavy atom. The highest BCUT2D eigenvalue weighted by Crippen LogP contribution is 2.42. The van der Waals surface area contributed by atoms with Gasteiger partial charge in [0.05, 0.1) is 25.4 Å². The monoisotopic (exact) mass is 478 g/mol. The second kappa shape index (κ2) is 10.3. The van der Waals surface area contributed by atoms with Gasteiger partial charge in [-0.3, -0.25) is 9.29 Å². The first-order valence-corrected chi connectivity index (χ1v) is 11.5. The zero-order chi connectivity index (χ0) is 24.3. The number of halogens is 4. The van der Waals surface area contributed by atoms with Crippen molar-refractivity contribution in [1.29, 1.82) is 0 Å². The maximum absolute atomic E-state index is 13.6. The molecule has 3 aromatic rings. The van der Waals surface area contributed by atoms with Crippen LogP contribution in [0.5, 0.6) is 5.75 Å². The molecule has 0 spiro atoms. The van der Waals surface area contributed by atoms with E-state index in [-0.39, 0.29) is 6.67 Å². The minimum Gasteiger partial charge on any atom is -0.492 e. The fourth-order valence-corrected chi connectivity index (χ4v) is 4.67. The molecule has 34 heavy (non-hydrogen) atoms. The Morgan fingerprint density at radius 3 is 2.74 bits per heavy atom. The second-order valence-electron chi connectivity index (χ2n) is 8.68. The summed E-state index contributed by atoms with van der Waals surface area (Å²) in [5.74, 6) is 0.566. The summed E-state index contributed by atoms with van der Waals surface area (Å²) in [7, 11) is 0. The smallest absolute Gasteiger partial charge is 0.401 e. The number of hydrogen-bond donors (Lipinski definition) is 3. The lowest BCUT2D eigenvalue weighted by Gasteiger charge is -2.41. The SMILES string of the molecule is Cc1ccc(OCCNCCCF)cc1[C@@H]1c2[nH]c3ccccc3c2C[C@@H](N)N1CC(F)(F)F. The molecule has 0 amide bonds. The quantitative estimate of drug-likeness (QED) is 0.311. The van der Waals surface area contributed by atoms with Crippen molar-refractivity contribution in [2.24, 2.45) is 5.73 Å². The highest BCUT2D eigenvalue weighted by atomic mass is 19.4. The van der Waals surface area contributed by atoms with Crippen LogP contribution in [0.15, 0.2) is 42.5 Å². The van der Waals surface area contributed by atoms with Gasteiger partial charge in [0.25, 0.3) is 0 Å². The van der Waals surface area contributed by atoms with Crippen LogP contribution in [0, 0.1) is 6.92 Å². The van der Waals surface area contributed by atoms with E-state index in [0.717, 1.165) is 33.3 Å². The molecule has 0 saturated heterocycles. The number of alkyl halides is 4. The lowest BCUT2D eigenvalue weighted by Crippen LogP contribution is -2.52. The molecule has 0 radical (unpaired) electrons. The van der Waals surface area contributed by atoms with Gasteiger partial charge in [-0.05, 0) is 54.8 Å². The molecule has 1 aromatic heterocycles. The molecule has 0 bridgehead atoms. The molecule has 9 heteroatoms. The third-order valence-electron chi connectivity index (χ3n) is 6.23. The van der Waals surface area contributed by atoms with Gasteiger partial charge < -0.3 is 20.8 Å². The van der Waals surface area contributed by atoms with Gasteiger partial charge in [0.15, 0.2) is 0 Å². The van der Waals surface area contributed by atoms with Crippen LogP contribution in [0.3, 0.4) is 0 Å². The van der Waals surface area contributed by atoms with Gasteiger partial charge in [-0.2, -0.15) is 13.2 Å². The molecule has 1 aliphatic rings. The van der Waals surface area contributed by atoms with Crippen LogP contribution >= 0.6 is 0 Å². The molecule has 2 aromatic carbocycles. The first kappa shape index (κ1) is 24.5. The van der Waals surface area contributed by atoms with E-state index in [1.165, 1.54) is 4.90 Å². The van der Waals surface area contributed by atoms with Gasteiger partial charge in [-0.25, -0.2) is 0 Å². The van der Waals surface area contributed by atoms with Crippen molar-refractivity contribution in [2.45, 2.75) is 38.1 Å². The number of H-pyrrole nitrogens is 1. The van der Waals surface area contributed by atoms with Crippen LogP contribution in [0.1, 0.15) is 34.8 Å². The Morgan fingerprint density at radius 2 is 1.97 bits per heavy atom. The molecule has 4 N–H and O–H groups in total. The van der Waals surface area contributed by atoms with E-state index < -0.39 is 24.9 Å². The summed E-state index contributed by atoms with van der Waals surface area (Å²) in [6.45, 7) is 1.87. The zero-order valence-corrected chi connectivity index (χ0v) is 19.1. The van der Waals surface area contributed by atoms with Crippen molar-refractivity contribution in [3.63, 3.8) is 0 Å². The molecular weight excluding hydrogens is 448 g/mol. The van der Waals surface area contributed by atoms with Crippen molar-refractivity contribution in [3.05, 3.63) is 64.8 Å². The number of fused-ring (bicyclic) bond motifs is 3. The van der Waals surface area contributed by atoms with Crippen LogP contribution < -0.4 is 15.8 Å². The highest BCUT2D eigenvalue weighted by molar-refractivity contribution is 5.85. The van der Waals surface area contributed by atoms with Gasteiger partial charge in [-0.1, -0.05) is 24.3 Å². The summed E-state index contributed by atoms with van der Waals surface area (Å²) in [5, 5.41) is 4.07. The number of aryl methyl sites for hydroxylation is 1. The Balaban J connectivity index is 1.69. The Hall–Kier alpha value is -2.62. The average molecular weight is 479 g/mol. The zero-order valence-electron chi connectivity index (χ0n) is 19.1. The first-order valence-electron chi connectivity index (χ1n) is 11.5. The molecule has 2 heterocycles. The van der Waals surface area contributed by atoms with Crippen LogP contribution in [0.4, 0.5) is 17.6 Å². The number of benzene rings is 2. The van der Waals surface area contributed by atoms with Crippen molar-refractivity contribution in [2.75, 3.05) is 32.9 Å². The van der Waals surface area contributed by atoms with E-state index in [4.69, 9.17) is 10.5 Å². The normalized spacial score (nSPS) is 18.9. The lowest BCUT2D eigenvalue weighted by atomic mass is 9.88. The molecule has 1 aliphatic heterocycles. The third-order valence-corrected chi connectivity index (χ3v) is 6.23. The lowest BCUT2D eigenvalue weighted by molar-refractivity contribution is -0.156. The van der Waals surface area contributed by atoms with Crippen LogP contribution in [-0.2, 0) is 6.42 Å². The number of hydrogen-bond acceptors (Lipinski definition) is 4. The summed E-state index contributed by atoms with van der Waals surface area (Å²) in [6, 6.07) is 12.5. The maximum atomic E-state index is 13.6. The predicted octanol–water partition coefficient (Wildman–Crippen LogP) is 4.60. The average Bonchev–Trinajstić information content (AvgIpc) is 3.15. The molecule has 184 valence electrons. The van der Waals surface area contributed by atoms with Gasteiger partial charge in [-0.15, -0.1) is 0 Å². The van der Waals surface area contributed by atoms with E-state index >= 15 is 0 Å². The molecule has 0 saturated carbocycles. The van der Waals surface area contributed by atoms with Crippen molar-refractivity contribution < 1.29 is 22.3 Å². The van der Waals surface area contributed by atoms with Crippen molar-refractivity contribution in [3.8, 4) is 5.75 Å². The minimum atomic E-state index is -4.40. The van der Waals surface area contributed by atoms with Crippen molar-refractivity contribution in [1.82, 2.24) is 15.2 Å². The number of para-hydroxylation sites is 1. The maximum Gasteiger partial charge on any atom is 0.401 e. The number of aromatic amines is 1. The van der Waals surface area contributed by atoms with Crippen molar-refractivity contribution >= 4 is 10.9 Å². The Labute approximate surface area is 196 Å². The van der Waals surface area contributed by atoms with E-state index in [9.17, 15) is 17.6 Å². The summed E-state index contributed by atoms with van der Waals surface area (Å²) in [6.07, 6.45) is -4.42. The summed E-state index contributed by atoms with van der Waals surface area (Å²) in [5.41, 5.74) is 10.5. The van der Waals surface area contributed by atoms with Gasteiger partial charge >= 0.3 is 6.18 Å². The highest BCUT2D eigenvalue weighted by Gasteiger charge is 2.42. The number of nitrogens with zero attached hydrogens (tertiary/aromatic N) is 1. The van der Waals surface area contributed by atoms with E-state index in [1.54, 1.807) is 6.07 Å². The summed E-state index contributed by atoms with van der Waals surface area (Å²) < 4.78 is 58.8. The molecule has 0 fully saturated rings. The minimum absolute atomic E-state index is 0.325. The first-order chi connectivity index (χ1) is 16.3. The summed E-state index contributed by atoms with van der Waals surface area (Å²) in [4.78, 5) is 4.70. The molecular formula is C25H30F4N4O. The molecule has 4 rings (SSSR count). The topological polar surface area (TPSA) is 66.3 Å². The molecule has 5 nitrogen and oxygen atoms in total. The number of nitrogens with two attached hydrogens (primary N) is 1. The second-order valence-corrected chi connectivity index (χ2v) is 8.68. The molecule has 0 unspecified atom stereocenters. The van der Waals surface area contributed by atoms with E-state index in [0.29, 0.717) is 38.3 Å². The van der Waals surface area contributed by atoms with Gasteiger partial charge in [0, 0.05) is 29.6 Å². The largest absolute Gasteiger partial charge is 0.492 e. The fraction of sp³-hybridized carbons (Fsp3) is 0.440. The third kappa shape index (κ3) is 5.37. The van der Waals surface area contributed by atoms with Crippen LogP contribution in [0.25, 0.3) is 10.9 Å². The number of nitrogens with one attached hydrogen (secondary N) is 2. The van der Waals surface area contributed by atoms with Gasteiger partial charge in [0.1, 0.15) is 12.4 Å². The number of rotatable bonds is 9. The van der Waals surface area contributed by atoms with Crippen LogP contribution in [0.2, 0.25) is 0 Å². The Kier molecular flexibility index (Phi) is 7.45. The predicted molar refractivity (Wildman–Crippen MR) is 125 cm³/mol. The molecule has 0 aliphatic carbocycles. The van der Waals surface area contributed by atoms with E-state index in [1.807, 2.05) is 43.3 Å². The summed E-state index contributed by atoms with van der Waals surface area (Å²) >= 11 is 0. The Bertz CT molecular complexity index is 1110. The fourth-order valence-electron chi connectivity index (χ4n) is 4.67. The van der Waals surface area contributed by atoms with Gasteiger partial charge in [0.2, 0.25) is 0 Å².